The molecule has 1 heteroatoms. The van der Waals surface area contributed by atoms with Gasteiger partial charge in [-0.05, 0) is 24.9 Å². The second-order valence-corrected chi connectivity index (χ2v) is 4.37. The van der Waals surface area contributed by atoms with Gasteiger partial charge < -0.3 is 5.32 Å². The van der Waals surface area contributed by atoms with Crippen LogP contribution in [0.1, 0.15) is 50.6 Å². The summed E-state index contributed by atoms with van der Waals surface area (Å²) >= 11 is 0. The summed E-state index contributed by atoms with van der Waals surface area (Å²) in [5, 5.41) is 3.61. The van der Waals surface area contributed by atoms with Crippen molar-refractivity contribution in [2.24, 2.45) is 0 Å². The Labute approximate surface area is 106 Å². The van der Waals surface area contributed by atoms with E-state index in [0.717, 1.165) is 19.4 Å². The Morgan fingerprint density at radius 2 is 2.00 bits per heavy atom. The largest absolute Gasteiger partial charge is 0.310 e. The van der Waals surface area contributed by atoms with Crippen LogP contribution in [0.5, 0.6) is 0 Å². The van der Waals surface area contributed by atoms with Gasteiger partial charge in [0.2, 0.25) is 0 Å². The molecule has 92 valence electrons. The minimum atomic E-state index is 0.480. The van der Waals surface area contributed by atoms with Gasteiger partial charge >= 0.3 is 0 Å². The first-order valence-electron chi connectivity index (χ1n) is 6.60. The van der Waals surface area contributed by atoms with Crippen LogP contribution in [0.15, 0.2) is 30.3 Å². The standard InChI is InChI=1S/C16H23N/c1-3-5-10-14-17-16(13-6-4-2)15-11-8-7-9-12-15/h1,7-9,11-12,16-17H,4-6,10,13-14H2,2H3. The number of rotatable bonds is 8. The molecule has 1 aromatic carbocycles. The van der Waals surface area contributed by atoms with Crippen LogP contribution in [0.3, 0.4) is 0 Å². The van der Waals surface area contributed by atoms with Crippen LogP contribution in [0, 0.1) is 12.3 Å². The summed E-state index contributed by atoms with van der Waals surface area (Å²) in [6.45, 7) is 3.24. The molecular formula is C16H23N. The number of nitrogens with one attached hydrogen (secondary N) is 1. The molecule has 1 nitrogen and oxygen atoms in total. The van der Waals surface area contributed by atoms with Gasteiger partial charge in [-0.3, -0.25) is 0 Å². The Hall–Kier alpha value is -1.26. The minimum absolute atomic E-state index is 0.480. The van der Waals surface area contributed by atoms with E-state index >= 15 is 0 Å². The first kappa shape index (κ1) is 13.8. The van der Waals surface area contributed by atoms with E-state index < -0.39 is 0 Å². The summed E-state index contributed by atoms with van der Waals surface area (Å²) in [7, 11) is 0. The Morgan fingerprint density at radius 1 is 1.24 bits per heavy atom. The average Bonchev–Trinajstić information content (AvgIpc) is 2.39. The Bertz CT molecular complexity index is 323. The van der Waals surface area contributed by atoms with Gasteiger partial charge in [0.15, 0.2) is 0 Å². The highest BCUT2D eigenvalue weighted by Gasteiger charge is 2.08. The molecule has 1 aromatic rings. The highest BCUT2D eigenvalue weighted by Crippen LogP contribution is 2.19. The van der Waals surface area contributed by atoms with Crippen molar-refractivity contribution in [1.29, 1.82) is 0 Å². The van der Waals surface area contributed by atoms with Gasteiger partial charge in [-0.25, -0.2) is 0 Å². The third-order valence-corrected chi connectivity index (χ3v) is 2.94. The van der Waals surface area contributed by atoms with E-state index in [4.69, 9.17) is 6.42 Å². The van der Waals surface area contributed by atoms with Gasteiger partial charge in [-0.1, -0.05) is 50.1 Å². The van der Waals surface area contributed by atoms with Crippen molar-refractivity contribution >= 4 is 0 Å². The molecule has 1 unspecified atom stereocenters. The number of unbranched alkanes of at least 4 members (excludes halogenated alkanes) is 2. The molecule has 0 saturated heterocycles. The molecule has 0 spiro atoms. The Morgan fingerprint density at radius 3 is 2.65 bits per heavy atom. The number of hydrogen-bond donors (Lipinski definition) is 1. The molecule has 0 saturated carbocycles. The molecule has 0 aromatic heterocycles. The maximum absolute atomic E-state index is 5.26. The first-order chi connectivity index (χ1) is 8.38. The molecule has 0 amide bonds. The second kappa shape index (κ2) is 8.84. The van der Waals surface area contributed by atoms with Crippen molar-refractivity contribution in [2.45, 2.75) is 45.1 Å². The lowest BCUT2D eigenvalue weighted by molar-refractivity contribution is 0.478. The Kier molecular flexibility index (Phi) is 7.18. The van der Waals surface area contributed by atoms with Gasteiger partial charge in [-0.2, -0.15) is 0 Å². The number of terminal acetylenes is 1. The fourth-order valence-electron chi connectivity index (χ4n) is 1.95. The summed E-state index contributed by atoms with van der Waals surface area (Å²) in [6.07, 6.45) is 10.9. The molecule has 1 rings (SSSR count). The third-order valence-electron chi connectivity index (χ3n) is 2.94. The average molecular weight is 229 g/mol. The smallest absolute Gasteiger partial charge is 0.0320 e. The van der Waals surface area contributed by atoms with Gasteiger partial charge in [0.1, 0.15) is 0 Å². The molecule has 0 aliphatic rings. The molecule has 0 heterocycles. The van der Waals surface area contributed by atoms with Gasteiger partial charge in [0.05, 0.1) is 0 Å². The summed E-state index contributed by atoms with van der Waals surface area (Å²) in [5.74, 6) is 2.68. The number of benzene rings is 1. The molecule has 0 radical (unpaired) electrons. The van der Waals surface area contributed by atoms with Gasteiger partial charge in [0, 0.05) is 12.5 Å². The van der Waals surface area contributed by atoms with Crippen molar-refractivity contribution < 1.29 is 0 Å². The molecular weight excluding hydrogens is 206 g/mol. The lowest BCUT2D eigenvalue weighted by Crippen LogP contribution is -2.22. The van der Waals surface area contributed by atoms with Crippen molar-refractivity contribution in [1.82, 2.24) is 5.32 Å². The van der Waals surface area contributed by atoms with E-state index in [2.05, 4.69) is 48.5 Å². The van der Waals surface area contributed by atoms with E-state index in [-0.39, 0.29) is 0 Å². The monoisotopic (exact) mass is 229 g/mol. The highest BCUT2D eigenvalue weighted by atomic mass is 14.9. The van der Waals surface area contributed by atoms with Gasteiger partial charge in [-0.15, -0.1) is 12.3 Å². The van der Waals surface area contributed by atoms with Crippen LogP contribution < -0.4 is 5.32 Å². The fourth-order valence-corrected chi connectivity index (χ4v) is 1.95. The van der Waals surface area contributed by atoms with E-state index in [9.17, 15) is 0 Å². The van der Waals surface area contributed by atoms with Crippen molar-refractivity contribution in [3.8, 4) is 12.3 Å². The zero-order valence-corrected chi connectivity index (χ0v) is 10.8. The van der Waals surface area contributed by atoms with Crippen LogP contribution in [-0.2, 0) is 0 Å². The summed E-state index contributed by atoms with van der Waals surface area (Å²) in [5.41, 5.74) is 1.39. The summed E-state index contributed by atoms with van der Waals surface area (Å²) < 4.78 is 0. The molecule has 17 heavy (non-hydrogen) atoms. The van der Waals surface area contributed by atoms with Crippen molar-refractivity contribution in [2.75, 3.05) is 6.54 Å². The van der Waals surface area contributed by atoms with E-state index in [1.807, 2.05) is 0 Å². The molecule has 0 aliphatic carbocycles. The van der Waals surface area contributed by atoms with E-state index in [0.29, 0.717) is 6.04 Å². The van der Waals surface area contributed by atoms with Crippen LogP contribution in [0.4, 0.5) is 0 Å². The highest BCUT2D eigenvalue weighted by molar-refractivity contribution is 5.18. The molecule has 1 N–H and O–H groups in total. The normalized spacial score (nSPS) is 12.0. The quantitative estimate of drug-likeness (QED) is 0.526. The van der Waals surface area contributed by atoms with Crippen LogP contribution in [-0.4, -0.2) is 6.54 Å². The molecule has 0 aliphatic heterocycles. The van der Waals surface area contributed by atoms with Crippen LogP contribution >= 0.6 is 0 Å². The first-order valence-corrected chi connectivity index (χ1v) is 6.60. The summed E-state index contributed by atoms with van der Waals surface area (Å²) in [6, 6.07) is 11.2. The molecule has 1 atom stereocenters. The van der Waals surface area contributed by atoms with E-state index in [1.165, 1.54) is 24.8 Å². The van der Waals surface area contributed by atoms with Gasteiger partial charge in [0.25, 0.3) is 0 Å². The number of hydrogen-bond acceptors (Lipinski definition) is 1. The predicted octanol–water partition coefficient (Wildman–Crippen LogP) is 3.92. The molecule has 0 bridgehead atoms. The zero-order chi connectivity index (χ0) is 12.3. The lowest BCUT2D eigenvalue weighted by atomic mass is 10.0. The molecule has 0 fully saturated rings. The zero-order valence-electron chi connectivity index (χ0n) is 10.8. The fraction of sp³-hybridized carbons (Fsp3) is 0.500. The Balaban J connectivity index is 2.46. The van der Waals surface area contributed by atoms with Crippen molar-refractivity contribution in [3.63, 3.8) is 0 Å². The van der Waals surface area contributed by atoms with Crippen LogP contribution in [0.2, 0.25) is 0 Å². The lowest BCUT2D eigenvalue weighted by Gasteiger charge is -2.18. The summed E-state index contributed by atoms with van der Waals surface area (Å²) in [4.78, 5) is 0. The maximum Gasteiger partial charge on any atom is 0.0320 e. The third kappa shape index (κ3) is 5.56. The topological polar surface area (TPSA) is 12.0 Å². The van der Waals surface area contributed by atoms with Crippen LogP contribution in [0.25, 0.3) is 0 Å². The van der Waals surface area contributed by atoms with Crippen molar-refractivity contribution in [3.05, 3.63) is 35.9 Å². The second-order valence-electron chi connectivity index (χ2n) is 4.37. The van der Waals surface area contributed by atoms with E-state index in [1.54, 1.807) is 0 Å². The minimum Gasteiger partial charge on any atom is -0.310 e. The predicted molar refractivity (Wildman–Crippen MR) is 74.8 cm³/mol. The SMILES string of the molecule is C#CCCCNC(CCCC)c1ccccc1. The maximum atomic E-state index is 5.26.